The molecular formula is C8H8ClN3. The van der Waals surface area contributed by atoms with Crippen LogP contribution >= 0.6 is 11.6 Å². The van der Waals surface area contributed by atoms with Crippen LogP contribution in [0.5, 0.6) is 0 Å². The van der Waals surface area contributed by atoms with E-state index in [-0.39, 0.29) is 0 Å². The Hall–Kier alpha value is -1.09. The van der Waals surface area contributed by atoms with Crippen LogP contribution in [0.1, 0.15) is 11.4 Å². The standard InChI is InChI=1S/C8H8ClN3/c1-5-3-7-8(9)10-6(2)4-12(7)11-5/h3-4H,1-2H3. The Labute approximate surface area is 75.0 Å². The van der Waals surface area contributed by atoms with Crippen molar-refractivity contribution in [3.63, 3.8) is 0 Å². The van der Waals surface area contributed by atoms with Crippen molar-refractivity contribution in [3.8, 4) is 0 Å². The molecule has 3 nitrogen and oxygen atoms in total. The molecule has 0 atom stereocenters. The van der Waals surface area contributed by atoms with E-state index in [2.05, 4.69) is 10.1 Å². The second-order valence-electron chi connectivity index (χ2n) is 2.79. The zero-order chi connectivity index (χ0) is 8.72. The number of rotatable bonds is 0. The number of aryl methyl sites for hydroxylation is 2. The van der Waals surface area contributed by atoms with E-state index in [1.54, 1.807) is 4.52 Å². The summed E-state index contributed by atoms with van der Waals surface area (Å²) in [4.78, 5) is 4.12. The molecule has 0 bridgehead atoms. The van der Waals surface area contributed by atoms with Gasteiger partial charge in [-0.05, 0) is 19.9 Å². The molecular weight excluding hydrogens is 174 g/mol. The molecule has 4 heteroatoms. The van der Waals surface area contributed by atoms with Gasteiger partial charge in [0.25, 0.3) is 0 Å². The summed E-state index contributed by atoms with van der Waals surface area (Å²) in [5.74, 6) is 0. The van der Waals surface area contributed by atoms with Crippen molar-refractivity contribution in [1.29, 1.82) is 0 Å². The first-order valence-corrected chi connectivity index (χ1v) is 4.04. The second-order valence-corrected chi connectivity index (χ2v) is 3.15. The molecule has 0 amide bonds. The molecule has 0 radical (unpaired) electrons. The predicted molar refractivity (Wildman–Crippen MR) is 47.5 cm³/mol. The number of halogens is 1. The maximum atomic E-state index is 5.90. The van der Waals surface area contributed by atoms with Crippen LogP contribution in [0.25, 0.3) is 5.52 Å². The normalized spacial score (nSPS) is 10.9. The molecule has 2 heterocycles. The zero-order valence-corrected chi connectivity index (χ0v) is 7.63. The van der Waals surface area contributed by atoms with Crippen LogP contribution in [0.15, 0.2) is 12.3 Å². The summed E-state index contributed by atoms with van der Waals surface area (Å²) in [5, 5.41) is 4.74. The molecule has 0 aliphatic heterocycles. The van der Waals surface area contributed by atoms with Gasteiger partial charge in [0.2, 0.25) is 0 Å². The van der Waals surface area contributed by atoms with Gasteiger partial charge in [0, 0.05) is 0 Å². The van der Waals surface area contributed by atoms with Gasteiger partial charge in [0.05, 0.1) is 17.6 Å². The highest BCUT2D eigenvalue weighted by Crippen LogP contribution is 2.15. The smallest absolute Gasteiger partial charge is 0.155 e. The molecule has 0 N–H and O–H groups in total. The Balaban J connectivity index is 2.88. The van der Waals surface area contributed by atoms with Gasteiger partial charge in [0.15, 0.2) is 5.15 Å². The number of hydrogen-bond donors (Lipinski definition) is 0. The Morgan fingerprint density at radius 3 is 2.83 bits per heavy atom. The average molecular weight is 182 g/mol. The van der Waals surface area contributed by atoms with E-state index in [0.717, 1.165) is 16.9 Å². The third kappa shape index (κ3) is 1.06. The summed E-state index contributed by atoms with van der Waals surface area (Å²) in [6, 6.07) is 1.91. The summed E-state index contributed by atoms with van der Waals surface area (Å²) < 4.78 is 1.75. The molecule has 2 aromatic heterocycles. The Kier molecular flexibility index (Phi) is 1.54. The SMILES string of the molecule is Cc1cn2nc(C)cc2c(Cl)n1. The quantitative estimate of drug-likeness (QED) is 0.622. The molecule has 0 fully saturated rings. The highest BCUT2D eigenvalue weighted by atomic mass is 35.5. The van der Waals surface area contributed by atoms with Crippen LogP contribution in [0.2, 0.25) is 5.15 Å². The van der Waals surface area contributed by atoms with Gasteiger partial charge in [-0.3, -0.25) is 0 Å². The van der Waals surface area contributed by atoms with E-state index in [4.69, 9.17) is 11.6 Å². The first-order valence-electron chi connectivity index (χ1n) is 3.66. The number of nitrogens with zero attached hydrogens (tertiary/aromatic N) is 3. The van der Waals surface area contributed by atoms with Gasteiger partial charge in [0.1, 0.15) is 5.52 Å². The topological polar surface area (TPSA) is 30.2 Å². The van der Waals surface area contributed by atoms with Crippen molar-refractivity contribution >= 4 is 17.1 Å². The summed E-state index contributed by atoms with van der Waals surface area (Å²) in [6.07, 6.45) is 1.86. The summed E-state index contributed by atoms with van der Waals surface area (Å²) in [5.41, 5.74) is 2.68. The highest BCUT2D eigenvalue weighted by molar-refractivity contribution is 6.32. The van der Waals surface area contributed by atoms with Gasteiger partial charge in [-0.2, -0.15) is 5.10 Å². The van der Waals surface area contributed by atoms with Gasteiger partial charge in [-0.25, -0.2) is 9.50 Å². The zero-order valence-electron chi connectivity index (χ0n) is 6.87. The summed E-state index contributed by atoms with van der Waals surface area (Å²) in [6.45, 7) is 3.82. The van der Waals surface area contributed by atoms with Crippen molar-refractivity contribution in [2.24, 2.45) is 0 Å². The largest absolute Gasteiger partial charge is 0.238 e. The lowest BCUT2D eigenvalue weighted by molar-refractivity contribution is 0.908. The van der Waals surface area contributed by atoms with Crippen LogP contribution in [0.3, 0.4) is 0 Å². The minimum absolute atomic E-state index is 0.510. The third-order valence-electron chi connectivity index (χ3n) is 1.65. The Morgan fingerprint density at radius 2 is 2.08 bits per heavy atom. The molecule has 0 saturated heterocycles. The van der Waals surface area contributed by atoms with E-state index in [0.29, 0.717) is 5.15 Å². The molecule has 12 heavy (non-hydrogen) atoms. The minimum Gasteiger partial charge on any atom is -0.238 e. The van der Waals surface area contributed by atoms with Crippen molar-refractivity contribution in [1.82, 2.24) is 14.6 Å². The third-order valence-corrected chi connectivity index (χ3v) is 1.93. The number of aromatic nitrogens is 3. The van der Waals surface area contributed by atoms with Crippen LogP contribution < -0.4 is 0 Å². The molecule has 0 saturated carbocycles. The summed E-state index contributed by atoms with van der Waals surface area (Å²) in [7, 11) is 0. The molecule has 0 aliphatic rings. The molecule has 0 unspecified atom stereocenters. The van der Waals surface area contributed by atoms with E-state index in [9.17, 15) is 0 Å². The fourth-order valence-corrected chi connectivity index (χ4v) is 1.46. The molecule has 62 valence electrons. The average Bonchev–Trinajstić information content (AvgIpc) is 2.29. The van der Waals surface area contributed by atoms with Crippen molar-refractivity contribution < 1.29 is 0 Å². The van der Waals surface area contributed by atoms with Crippen LogP contribution in [-0.2, 0) is 0 Å². The fraction of sp³-hybridized carbons (Fsp3) is 0.250. The second kappa shape index (κ2) is 2.45. The van der Waals surface area contributed by atoms with E-state index in [1.807, 2.05) is 26.1 Å². The van der Waals surface area contributed by atoms with Crippen molar-refractivity contribution in [3.05, 3.63) is 28.8 Å². The van der Waals surface area contributed by atoms with Crippen molar-refractivity contribution in [2.75, 3.05) is 0 Å². The number of fused-ring (bicyclic) bond motifs is 1. The Bertz CT molecular complexity index is 433. The van der Waals surface area contributed by atoms with E-state index in [1.165, 1.54) is 0 Å². The first-order chi connectivity index (χ1) is 5.66. The lowest BCUT2D eigenvalue weighted by Crippen LogP contribution is -1.92. The number of hydrogen-bond acceptors (Lipinski definition) is 2. The van der Waals surface area contributed by atoms with Crippen molar-refractivity contribution in [2.45, 2.75) is 13.8 Å². The maximum Gasteiger partial charge on any atom is 0.155 e. The minimum atomic E-state index is 0.510. The van der Waals surface area contributed by atoms with Crippen LogP contribution in [0.4, 0.5) is 0 Å². The Morgan fingerprint density at radius 1 is 1.33 bits per heavy atom. The fourth-order valence-electron chi connectivity index (χ4n) is 1.19. The molecule has 2 rings (SSSR count). The molecule has 0 spiro atoms. The predicted octanol–water partition coefficient (Wildman–Crippen LogP) is 2.00. The molecule has 0 aromatic carbocycles. The molecule has 2 aromatic rings. The summed E-state index contributed by atoms with van der Waals surface area (Å²) >= 11 is 5.90. The maximum absolute atomic E-state index is 5.90. The monoisotopic (exact) mass is 181 g/mol. The van der Waals surface area contributed by atoms with Gasteiger partial charge < -0.3 is 0 Å². The van der Waals surface area contributed by atoms with Crippen LogP contribution in [-0.4, -0.2) is 14.6 Å². The lowest BCUT2D eigenvalue weighted by atomic mass is 10.4. The van der Waals surface area contributed by atoms with Gasteiger partial charge >= 0.3 is 0 Å². The van der Waals surface area contributed by atoms with Gasteiger partial charge in [-0.15, -0.1) is 0 Å². The lowest BCUT2D eigenvalue weighted by Gasteiger charge is -1.96. The highest BCUT2D eigenvalue weighted by Gasteiger charge is 2.03. The van der Waals surface area contributed by atoms with E-state index >= 15 is 0 Å². The van der Waals surface area contributed by atoms with Crippen LogP contribution in [0, 0.1) is 13.8 Å². The molecule has 0 aliphatic carbocycles. The van der Waals surface area contributed by atoms with Gasteiger partial charge in [-0.1, -0.05) is 11.6 Å². The first kappa shape index (κ1) is 7.55. The van der Waals surface area contributed by atoms with E-state index < -0.39 is 0 Å².